The highest BCUT2D eigenvalue weighted by Crippen LogP contribution is 2.18. The minimum absolute atomic E-state index is 0.0291. The highest BCUT2D eigenvalue weighted by atomic mass is 32.2. The van der Waals surface area contributed by atoms with Crippen molar-refractivity contribution in [3.8, 4) is 0 Å². The van der Waals surface area contributed by atoms with Gasteiger partial charge in [0.2, 0.25) is 11.8 Å². The quantitative estimate of drug-likeness (QED) is 0.728. The Balaban J connectivity index is 1.50. The third-order valence-electron chi connectivity index (χ3n) is 4.72. The van der Waals surface area contributed by atoms with Gasteiger partial charge in [-0.1, -0.05) is 49.0 Å². The van der Waals surface area contributed by atoms with Crippen LogP contribution < -0.4 is 5.32 Å². The van der Waals surface area contributed by atoms with Crippen molar-refractivity contribution in [1.29, 1.82) is 0 Å². The fourth-order valence-electron chi connectivity index (χ4n) is 3.28. The van der Waals surface area contributed by atoms with Gasteiger partial charge in [-0.15, -0.1) is 0 Å². The predicted molar refractivity (Wildman–Crippen MR) is 99.6 cm³/mol. The Kier molecular flexibility index (Phi) is 6.60. The molecule has 7 nitrogen and oxygen atoms in total. The Morgan fingerprint density at radius 2 is 1.81 bits per heavy atom. The van der Waals surface area contributed by atoms with Crippen LogP contribution in [0.4, 0.5) is 0 Å². The van der Waals surface area contributed by atoms with Gasteiger partial charge in [0.1, 0.15) is 5.75 Å². The standard InChI is InChI=1S/C19H25N3O4S/c23-18(20-15-8-4-1-2-5-9-15)12-13-19-21-17(22-26-19)14-27(24,25)16-10-6-3-7-11-16/h3,6-7,10-11,15H,1-2,4-5,8-9,12-14H2,(H,20,23). The molecule has 8 heteroatoms. The summed E-state index contributed by atoms with van der Waals surface area (Å²) < 4.78 is 29.8. The molecule has 1 amide bonds. The number of nitrogens with zero attached hydrogens (tertiary/aromatic N) is 2. The highest BCUT2D eigenvalue weighted by Gasteiger charge is 2.20. The maximum Gasteiger partial charge on any atom is 0.227 e. The predicted octanol–water partition coefficient (Wildman–Crippen LogP) is 2.82. The molecule has 1 fully saturated rings. The second kappa shape index (κ2) is 9.12. The molecule has 1 saturated carbocycles. The van der Waals surface area contributed by atoms with E-state index in [0.717, 1.165) is 25.7 Å². The van der Waals surface area contributed by atoms with Crippen LogP contribution in [0.5, 0.6) is 0 Å². The summed E-state index contributed by atoms with van der Waals surface area (Å²) in [4.78, 5) is 16.5. The molecule has 1 aliphatic carbocycles. The van der Waals surface area contributed by atoms with E-state index in [0.29, 0.717) is 6.42 Å². The molecular formula is C19H25N3O4S. The number of rotatable bonds is 7. The molecule has 0 bridgehead atoms. The van der Waals surface area contributed by atoms with E-state index in [1.807, 2.05) is 0 Å². The lowest BCUT2D eigenvalue weighted by atomic mass is 10.1. The number of carbonyl (C=O) groups is 1. The molecule has 3 rings (SSSR count). The van der Waals surface area contributed by atoms with Crippen molar-refractivity contribution in [2.45, 2.75) is 68.1 Å². The molecule has 0 aliphatic heterocycles. The van der Waals surface area contributed by atoms with Crippen LogP contribution in [0.25, 0.3) is 0 Å². The number of benzene rings is 1. The Bertz CT molecular complexity index is 841. The average molecular weight is 391 g/mol. The van der Waals surface area contributed by atoms with Crippen molar-refractivity contribution in [2.75, 3.05) is 0 Å². The summed E-state index contributed by atoms with van der Waals surface area (Å²) in [6, 6.07) is 8.42. The molecular weight excluding hydrogens is 366 g/mol. The van der Waals surface area contributed by atoms with Gasteiger partial charge in [-0.05, 0) is 25.0 Å². The molecule has 1 heterocycles. The zero-order valence-corrected chi connectivity index (χ0v) is 16.1. The summed E-state index contributed by atoms with van der Waals surface area (Å²) in [5.74, 6) is 0.0373. The van der Waals surface area contributed by atoms with Gasteiger partial charge in [0.15, 0.2) is 15.7 Å². The zero-order valence-electron chi connectivity index (χ0n) is 15.3. The van der Waals surface area contributed by atoms with Crippen molar-refractivity contribution in [3.63, 3.8) is 0 Å². The molecule has 0 saturated heterocycles. The first kappa shape index (κ1) is 19.5. The van der Waals surface area contributed by atoms with Gasteiger partial charge >= 0.3 is 0 Å². The van der Waals surface area contributed by atoms with Crippen LogP contribution in [0.15, 0.2) is 39.8 Å². The number of hydrogen-bond acceptors (Lipinski definition) is 6. The Morgan fingerprint density at radius 3 is 2.52 bits per heavy atom. The van der Waals surface area contributed by atoms with Gasteiger partial charge in [-0.25, -0.2) is 8.42 Å². The van der Waals surface area contributed by atoms with E-state index >= 15 is 0 Å². The number of amides is 1. The molecule has 1 N–H and O–H groups in total. The monoisotopic (exact) mass is 391 g/mol. The summed E-state index contributed by atoms with van der Waals surface area (Å²) in [5.41, 5.74) is 0. The van der Waals surface area contributed by atoms with Crippen LogP contribution in [-0.4, -0.2) is 30.5 Å². The van der Waals surface area contributed by atoms with E-state index in [1.165, 1.54) is 25.0 Å². The molecule has 1 aromatic carbocycles. The minimum Gasteiger partial charge on any atom is -0.353 e. The molecule has 0 atom stereocenters. The zero-order chi connectivity index (χ0) is 19.1. The smallest absolute Gasteiger partial charge is 0.227 e. The third kappa shape index (κ3) is 5.89. The van der Waals surface area contributed by atoms with Gasteiger partial charge in [0.25, 0.3) is 0 Å². The molecule has 0 spiro atoms. The molecule has 0 radical (unpaired) electrons. The molecule has 27 heavy (non-hydrogen) atoms. The lowest BCUT2D eigenvalue weighted by molar-refractivity contribution is -0.121. The second-order valence-corrected chi connectivity index (χ2v) is 8.92. The van der Waals surface area contributed by atoms with Crippen LogP contribution in [0.2, 0.25) is 0 Å². The van der Waals surface area contributed by atoms with Crippen LogP contribution in [0.3, 0.4) is 0 Å². The maximum atomic E-state index is 12.3. The number of carbonyl (C=O) groups excluding carboxylic acids is 1. The van der Waals surface area contributed by atoms with Crippen LogP contribution in [0.1, 0.15) is 56.7 Å². The van der Waals surface area contributed by atoms with E-state index in [2.05, 4.69) is 15.5 Å². The summed E-state index contributed by atoms with van der Waals surface area (Å²) in [6.45, 7) is 0. The van der Waals surface area contributed by atoms with E-state index in [4.69, 9.17) is 4.52 Å². The number of aryl methyl sites for hydroxylation is 1. The fourth-order valence-corrected chi connectivity index (χ4v) is 4.47. The van der Waals surface area contributed by atoms with Gasteiger partial charge in [-0.3, -0.25) is 4.79 Å². The van der Waals surface area contributed by atoms with E-state index in [1.54, 1.807) is 18.2 Å². The van der Waals surface area contributed by atoms with Crippen molar-refractivity contribution in [3.05, 3.63) is 42.0 Å². The first-order valence-corrected chi connectivity index (χ1v) is 11.1. The van der Waals surface area contributed by atoms with Gasteiger partial charge in [0.05, 0.1) is 4.90 Å². The van der Waals surface area contributed by atoms with E-state index in [-0.39, 0.29) is 40.7 Å². The van der Waals surface area contributed by atoms with Crippen molar-refractivity contribution in [2.24, 2.45) is 0 Å². The SMILES string of the molecule is O=C(CCc1nc(CS(=O)(=O)c2ccccc2)no1)NC1CCCCCC1. The number of hydrogen-bond donors (Lipinski definition) is 1. The fraction of sp³-hybridized carbons (Fsp3) is 0.526. The molecule has 2 aromatic rings. The summed E-state index contributed by atoms with van der Waals surface area (Å²) in [5, 5.41) is 6.81. The van der Waals surface area contributed by atoms with Crippen molar-refractivity contribution < 1.29 is 17.7 Å². The van der Waals surface area contributed by atoms with Gasteiger partial charge < -0.3 is 9.84 Å². The van der Waals surface area contributed by atoms with Crippen LogP contribution in [-0.2, 0) is 26.8 Å². The molecule has 146 valence electrons. The van der Waals surface area contributed by atoms with Crippen molar-refractivity contribution in [1.82, 2.24) is 15.5 Å². The third-order valence-corrected chi connectivity index (χ3v) is 6.35. The van der Waals surface area contributed by atoms with Crippen molar-refractivity contribution >= 4 is 15.7 Å². The van der Waals surface area contributed by atoms with E-state index in [9.17, 15) is 13.2 Å². The number of aromatic nitrogens is 2. The summed E-state index contributed by atoms with van der Waals surface area (Å²) >= 11 is 0. The minimum atomic E-state index is -3.52. The van der Waals surface area contributed by atoms with E-state index < -0.39 is 9.84 Å². The van der Waals surface area contributed by atoms with Gasteiger partial charge in [-0.2, -0.15) is 4.98 Å². The maximum absolute atomic E-state index is 12.3. The highest BCUT2D eigenvalue weighted by molar-refractivity contribution is 7.90. The lowest BCUT2D eigenvalue weighted by Crippen LogP contribution is -2.34. The Labute approximate surface area is 159 Å². The van der Waals surface area contributed by atoms with Crippen LogP contribution in [0, 0.1) is 0 Å². The molecule has 0 unspecified atom stereocenters. The Morgan fingerprint density at radius 1 is 1.11 bits per heavy atom. The summed E-state index contributed by atoms with van der Waals surface area (Å²) in [6.07, 6.45) is 7.43. The van der Waals surface area contributed by atoms with Gasteiger partial charge in [0, 0.05) is 18.9 Å². The first-order valence-electron chi connectivity index (χ1n) is 9.41. The average Bonchev–Trinajstić information content (AvgIpc) is 2.93. The summed E-state index contributed by atoms with van der Waals surface area (Å²) in [7, 11) is -3.52. The molecule has 1 aliphatic rings. The topological polar surface area (TPSA) is 102 Å². The van der Waals surface area contributed by atoms with Crippen LogP contribution >= 0.6 is 0 Å². The Hall–Kier alpha value is -2.22. The second-order valence-electron chi connectivity index (χ2n) is 6.93. The number of sulfone groups is 1. The normalized spacial score (nSPS) is 16.0. The number of nitrogens with one attached hydrogen (secondary N) is 1. The molecule has 1 aromatic heterocycles. The first-order chi connectivity index (χ1) is 13.0. The largest absolute Gasteiger partial charge is 0.353 e. The lowest BCUT2D eigenvalue weighted by Gasteiger charge is -2.15.